The van der Waals surface area contributed by atoms with Gasteiger partial charge >= 0.3 is 10.1 Å². The van der Waals surface area contributed by atoms with Crippen LogP contribution in [0.5, 0.6) is 11.5 Å². The van der Waals surface area contributed by atoms with E-state index >= 15 is 0 Å². The van der Waals surface area contributed by atoms with Crippen LogP contribution < -0.4 is 14.2 Å². The fourth-order valence-electron chi connectivity index (χ4n) is 4.63. The predicted octanol–water partition coefficient (Wildman–Crippen LogP) is 1.99. The van der Waals surface area contributed by atoms with E-state index in [4.69, 9.17) is 8.92 Å². The lowest BCUT2D eigenvalue weighted by Gasteiger charge is -2.15. The number of aliphatic hydroxyl groups excluding tert-OH is 1. The minimum absolute atomic E-state index is 0.0308. The third-order valence-corrected chi connectivity index (χ3v) is 6.55. The maximum atomic E-state index is 12.7. The number of fused-ring (bicyclic) bond motifs is 2. The van der Waals surface area contributed by atoms with Gasteiger partial charge in [-0.1, -0.05) is 6.07 Å². The molecular weight excluding hydrogens is 446 g/mol. The van der Waals surface area contributed by atoms with Gasteiger partial charge in [0.1, 0.15) is 0 Å². The van der Waals surface area contributed by atoms with Crippen molar-refractivity contribution >= 4 is 26.9 Å². The highest BCUT2D eigenvalue weighted by Crippen LogP contribution is 2.43. The SMILES string of the molecule is COc1cc(-c2cc3cc(CN4CCC(O)C4)ccc3[nH]2)c2c(c1OS(C)(=O)=O)CNC2=O. The number of H-pyrrole nitrogens is 1. The second-order valence-corrected chi connectivity index (χ2v) is 10.1. The van der Waals surface area contributed by atoms with Gasteiger partial charge in [-0.05, 0) is 36.2 Å². The van der Waals surface area contributed by atoms with Gasteiger partial charge in [0.15, 0.2) is 11.5 Å². The van der Waals surface area contributed by atoms with E-state index in [-0.39, 0.29) is 30.1 Å². The third kappa shape index (κ3) is 4.17. The van der Waals surface area contributed by atoms with Gasteiger partial charge in [0.2, 0.25) is 0 Å². The summed E-state index contributed by atoms with van der Waals surface area (Å²) < 4.78 is 34.2. The monoisotopic (exact) mass is 471 g/mol. The summed E-state index contributed by atoms with van der Waals surface area (Å²) in [5.41, 5.74) is 4.20. The van der Waals surface area contributed by atoms with Crippen LogP contribution in [0.3, 0.4) is 0 Å². The molecule has 9 nitrogen and oxygen atoms in total. The molecule has 10 heteroatoms. The van der Waals surface area contributed by atoms with Crippen LogP contribution in [0.2, 0.25) is 0 Å². The number of nitrogens with one attached hydrogen (secondary N) is 2. The van der Waals surface area contributed by atoms with E-state index in [2.05, 4.69) is 21.3 Å². The first kappa shape index (κ1) is 21.7. The Bertz CT molecular complexity index is 1360. The van der Waals surface area contributed by atoms with E-state index in [0.717, 1.165) is 47.9 Å². The molecule has 2 aromatic carbocycles. The molecule has 1 fully saturated rings. The number of benzene rings is 2. The van der Waals surface area contributed by atoms with E-state index < -0.39 is 10.1 Å². The van der Waals surface area contributed by atoms with Crippen molar-refractivity contribution in [2.45, 2.75) is 25.6 Å². The van der Waals surface area contributed by atoms with E-state index in [9.17, 15) is 18.3 Å². The second kappa shape index (κ2) is 8.05. The number of nitrogens with zero attached hydrogens (tertiary/aromatic N) is 1. The summed E-state index contributed by atoms with van der Waals surface area (Å²) in [6, 6.07) is 9.74. The lowest BCUT2D eigenvalue weighted by Crippen LogP contribution is -2.21. The number of β-amino-alcohol motifs (C(OH)–C–C–N with tert-alkyl or cyclic N) is 1. The Morgan fingerprint density at radius 1 is 1.24 bits per heavy atom. The maximum Gasteiger partial charge on any atom is 0.306 e. The molecule has 3 N–H and O–H groups in total. The Morgan fingerprint density at radius 3 is 2.76 bits per heavy atom. The molecule has 0 saturated carbocycles. The summed E-state index contributed by atoms with van der Waals surface area (Å²) in [6.07, 6.45) is 1.49. The zero-order valence-electron chi connectivity index (χ0n) is 18.3. The first-order valence-electron chi connectivity index (χ1n) is 10.7. The number of hydrogen-bond acceptors (Lipinski definition) is 7. The zero-order chi connectivity index (χ0) is 23.3. The normalized spacial score (nSPS) is 18.5. The first-order valence-corrected chi connectivity index (χ1v) is 12.5. The highest BCUT2D eigenvalue weighted by Gasteiger charge is 2.32. The molecule has 174 valence electrons. The van der Waals surface area contributed by atoms with Crippen molar-refractivity contribution in [3.05, 3.63) is 47.0 Å². The minimum Gasteiger partial charge on any atom is -0.493 e. The molecular formula is C23H25N3O6S. The van der Waals surface area contributed by atoms with Gasteiger partial charge in [-0.2, -0.15) is 8.42 Å². The first-order chi connectivity index (χ1) is 15.7. The molecule has 1 unspecified atom stereocenters. The summed E-state index contributed by atoms with van der Waals surface area (Å²) >= 11 is 0. The lowest BCUT2D eigenvalue weighted by atomic mass is 9.98. The van der Waals surface area contributed by atoms with Gasteiger partial charge in [-0.25, -0.2) is 0 Å². The number of rotatable bonds is 6. The Labute approximate surface area is 191 Å². The van der Waals surface area contributed by atoms with Crippen LogP contribution in [0.15, 0.2) is 30.3 Å². The number of aromatic nitrogens is 1. The molecule has 1 saturated heterocycles. The maximum absolute atomic E-state index is 12.7. The highest BCUT2D eigenvalue weighted by molar-refractivity contribution is 7.86. The lowest BCUT2D eigenvalue weighted by molar-refractivity contribution is 0.0966. The highest BCUT2D eigenvalue weighted by atomic mass is 32.2. The van der Waals surface area contributed by atoms with Crippen molar-refractivity contribution in [1.82, 2.24) is 15.2 Å². The number of aromatic amines is 1. The van der Waals surface area contributed by atoms with E-state index in [1.54, 1.807) is 6.07 Å². The number of carbonyl (C=O) groups is 1. The number of aliphatic hydroxyl groups is 1. The van der Waals surface area contributed by atoms with Crippen molar-refractivity contribution in [3.8, 4) is 22.8 Å². The summed E-state index contributed by atoms with van der Waals surface area (Å²) in [5, 5.41) is 13.5. The van der Waals surface area contributed by atoms with Gasteiger partial charge < -0.3 is 24.3 Å². The van der Waals surface area contributed by atoms with Crippen molar-refractivity contribution in [2.75, 3.05) is 26.5 Å². The van der Waals surface area contributed by atoms with Crippen LogP contribution >= 0.6 is 0 Å². The van der Waals surface area contributed by atoms with Crippen molar-refractivity contribution in [2.24, 2.45) is 0 Å². The molecule has 0 aliphatic carbocycles. The van der Waals surface area contributed by atoms with Gasteiger partial charge in [-0.15, -0.1) is 0 Å². The number of ether oxygens (including phenoxy) is 1. The molecule has 0 radical (unpaired) electrons. The molecule has 1 aromatic heterocycles. The minimum atomic E-state index is -3.81. The Kier molecular flexibility index (Phi) is 5.31. The number of carbonyl (C=O) groups excluding carboxylic acids is 1. The second-order valence-electron chi connectivity index (χ2n) is 8.56. The van der Waals surface area contributed by atoms with Crippen LogP contribution in [0.4, 0.5) is 0 Å². The summed E-state index contributed by atoms with van der Waals surface area (Å²) in [6.45, 7) is 2.46. The van der Waals surface area contributed by atoms with Crippen LogP contribution in [0.25, 0.3) is 22.2 Å². The Balaban J connectivity index is 1.56. The molecule has 0 spiro atoms. The summed E-state index contributed by atoms with van der Waals surface area (Å²) in [4.78, 5) is 18.3. The van der Waals surface area contributed by atoms with Crippen molar-refractivity contribution in [3.63, 3.8) is 0 Å². The molecule has 2 aliphatic heterocycles. The molecule has 1 amide bonds. The number of likely N-dealkylation sites (tertiary alicyclic amines) is 1. The smallest absolute Gasteiger partial charge is 0.306 e. The molecule has 1 atom stereocenters. The van der Waals surface area contributed by atoms with Gasteiger partial charge in [-0.3, -0.25) is 9.69 Å². The molecule has 3 heterocycles. The predicted molar refractivity (Wildman–Crippen MR) is 123 cm³/mol. The van der Waals surface area contributed by atoms with Crippen LogP contribution in [0, 0.1) is 0 Å². The van der Waals surface area contributed by atoms with E-state index in [1.807, 2.05) is 18.2 Å². The average Bonchev–Trinajstić information content (AvgIpc) is 3.46. The van der Waals surface area contributed by atoms with E-state index in [0.29, 0.717) is 23.2 Å². The van der Waals surface area contributed by atoms with Crippen molar-refractivity contribution in [1.29, 1.82) is 0 Å². The zero-order valence-corrected chi connectivity index (χ0v) is 19.2. The third-order valence-electron chi connectivity index (χ3n) is 6.08. The summed E-state index contributed by atoms with van der Waals surface area (Å²) in [7, 11) is -2.38. The van der Waals surface area contributed by atoms with Crippen LogP contribution in [-0.2, 0) is 23.2 Å². The molecule has 5 rings (SSSR count). The van der Waals surface area contributed by atoms with E-state index in [1.165, 1.54) is 7.11 Å². The number of hydrogen-bond donors (Lipinski definition) is 3. The molecule has 0 bridgehead atoms. The van der Waals surface area contributed by atoms with Crippen LogP contribution in [-0.4, -0.2) is 61.9 Å². The fraction of sp³-hybridized carbons (Fsp3) is 0.348. The van der Waals surface area contributed by atoms with Gasteiger partial charge in [0.25, 0.3) is 5.91 Å². The van der Waals surface area contributed by atoms with Crippen LogP contribution in [0.1, 0.15) is 27.9 Å². The topological polar surface area (TPSA) is 121 Å². The van der Waals surface area contributed by atoms with Crippen molar-refractivity contribution < 1.29 is 27.2 Å². The van der Waals surface area contributed by atoms with Gasteiger partial charge in [0.05, 0.1) is 25.0 Å². The molecule has 3 aromatic rings. The Morgan fingerprint density at radius 2 is 2.06 bits per heavy atom. The quantitative estimate of drug-likeness (QED) is 0.470. The molecule has 33 heavy (non-hydrogen) atoms. The average molecular weight is 472 g/mol. The molecule has 2 aliphatic rings. The fourth-order valence-corrected chi connectivity index (χ4v) is 5.11. The Hall–Kier alpha value is -3.08. The summed E-state index contributed by atoms with van der Waals surface area (Å²) in [5.74, 6) is -0.0335. The largest absolute Gasteiger partial charge is 0.493 e. The number of amides is 1. The number of methoxy groups -OCH3 is 1. The standard InChI is InChI=1S/C23H25N3O6S/c1-31-20-9-16(21-17(10-24-23(21)28)22(20)32-33(2,29)30)19-8-14-7-13(3-4-18(14)25-19)11-26-6-5-15(27)12-26/h3-4,7-9,15,25,27H,5-6,10-12H2,1-2H3,(H,24,28). The van der Waals surface area contributed by atoms with Gasteiger partial charge in [0, 0.05) is 53.9 Å².